The van der Waals surface area contributed by atoms with Gasteiger partial charge in [0.15, 0.2) is 0 Å². The molecule has 0 radical (unpaired) electrons. The average Bonchev–Trinajstić information content (AvgIpc) is 2.60. The fourth-order valence-corrected chi connectivity index (χ4v) is 2.32. The van der Waals surface area contributed by atoms with E-state index in [1.54, 1.807) is 27.7 Å². The lowest BCUT2D eigenvalue weighted by atomic mass is 10.1. The minimum absolute atomic E-state index is 0.267. The van der Waals surface area contributed by atoms with Gasteiger partial charge in [-0.1, -0.05) is 45.4 Å². The normalized spacial score (nSPS) is 12.2. The zero-order valence-electron chi connectivity index (χ0n) is 18.1. The first-order chi connectivity index (χ1) is 13.2. The number of carbonyl (C=O) groups is 3. The summed E-state index contributed by atoms with van der Waals surface area (Å²) < 4.78 is 10.3. The predicted molar refractivity (Wildman–Crippen MR) is 106 cm³/mol. The van der Waals surface area contributed by atoms with E-state index >= 15 is 0 Å². The highest BCUT2D eigenvalue weighted by Gasteiger charge is 2.26. The van der Waals surface area contributed by atoms with Gasteiger partial charge in [-0.15, -0.1) is 0 Å². The molecule has 0 aromatic heterocycles. The Bertz CT molecular complexity index is 462. The van der Waals surface area contributed by atoms with Gasteiger partial charge in [0.1, 0.15) is 18.2 Å². The summed E-state index contributed by atoms with van der Waals surface area (Å²) in [6.45, 7) is 9.00. The van der Waals surface area contributed by atoms with Crippen LogP contribution < -0.4 is 10.8 Å². The Morgan fingerprint density at radius 3 is 2.11 bits per heavy atom. The molecule has 0 fully saturated rings. The summed E-state index contributed by atoms with van der Waals surface area (Å²) in [5.41, 5.74) is 1.49. The Hall–Kier alpha value is -1.83. The number of hydroxylamine groups is 1. The molecule has 0 rings (SSSR count). The molecular formula is C20H38N2O6. The van der Waals surface area contributed by atoms with Gasteiger partial charge in [0.05, 0.1) is 6.61 Å². The van der Waals surface area contributed by atoms with E-state index in [0.717, 1.165) is 19.3 Å². The molecule has 28 heavy (non-hydrogen) atoms. The van der Waals surface area contributed by atoms with Crippen molar-refractivity contribution in [1.82, 2.24) is 10.8 Å². The Morgan fingerprint density at radius 2 is 1.54 bits per heavy atom. The quantitative estimate of drug-likeness (QED) is 0.261. The summed E-state index contributed by atoms with van der Waals surface area (Å²) in [6, 6.07) is -1.10. The molecule has 164 valence electrons. The second-order valence-corrected chi connectivity index (χ2v) is 7.65. The second kappa shape index (κ2) is 15.1. The largest absolute Gasteiger partial charge is 0.463 e. The number of unbranched alkanes of at least 4 members (excludes halogenated alkanes) is 6. The SMILES string of the molecule is CCCCCCCCCC(=O)OCC(NC(=O)OC(C)(C)C)C(=O)NOCC. The molecule has 0 aliphatic heterocycles. The van der Waals surface area contributed by atoms with Gasteiger partial charge < -0.3 is 14.8 Å². The maximum Gasteiger partial charge on any atom is 0.408 e. The number of esters is 1. The van der Waals surface area contributed by atoms with Crippen LogP contribution in [0.3, 0.4) is 0 Å². The smallest absolute Gasteiger partial charge is 0.408 e. The lowest BCUT2D eigenvalue weighted by molar-refractivity contribution is -0.147. The molecule has 8 heteroatoms. The molecule has 0 spiro atoms. The number of alkyl carbamates (subject to hydrolysis) is 1. The van der Waals surface area contributed by atoms with Gasteiger partial charge in [0.25, 0.3) is 5.91 Å². The van der Waals surface area contributed by atoms with Crippen LogP contribution >= 0.6 is 0 Å². The highest BCUT2D eigenvalue weighted by molar-refractivity contribution is 5.85. The Labute approximate surface area is 169 Å². The number of rotatable bonds is 14. The zero-order chi connectivity index (χ0) is 21.4. The van der Waals surface area contributed by atoms with Gasteiger partial charge >= 0.3 is 12.1 Å². The molecule has 0 aliphatic rings. The fourth-order valence-electron chi connectivity index (χ4n) is 2.32. The van der Waals surface area contributed by atoms with Crippen LogP contribution in [0.2, 0.25) is 0 Å². The molecule has 0 aromatic carbocycles. The zero-order valence-corrected chi connectivity index (χ0v) is 18.1. The van der Waals surface area contributed by atoms with Crippen LogP contribution in [0.5, 0.6) is 0 Å². The molecular weight excluding hydrogens is 364 g/mol. The minimum atomic E-state index is -1.10. The van der Waals surface area contributed by atoms with Gasteiger partial charge in [-0.3, -0.25) is 14.4 Å². The molecule has 0 bridgehead atoms. The van der Waals surface area contributed by atoms with Crippen LogP contribution in [-0.2, 0) is 23.9 Å². The summed E-state index contributed by atoms with van der Waals surface area (Å²) in [5, 5.41) is 2.40. The molecule has 0 saturated carbocycles. The maximum absolute atomic E-state index is 12.1. The van der Waals surface area contributed by atoms with E-state index in [2.05, 4.69) is 17.7 Å². The average molecular weight is 403 g/mol. The first kappa shape index (κ1) is 26.2. The monoisotopic (exact) mass is 402 g/mol. The standard InChI is InChI=1S/C20H38N2O6/c1-6-8-9-10-11-12-13-14-17(23)26-15-16(18(24)22-27-7-2)21-19(25)28-20(3,4)5/h16H,6-15H2,1-5H3,(H,21,25)(H,22,24). The van der Waals surface area contributed by atoms with Crippen LogP contribution in [0.1, 0.15) is 86.0 Å². The third kappa shape index (κ3) is 15.2. The van der Waals surface area contributed by atoms with Gasteiger partial charge in [0, 0.05) is 6.42 Å². The van der Waals surface area contributed by atoms with Crippen molar-refractivity contribution in [1.29, 1.82) is 0 Å². The topological polar surface area (TPSA) is 103 Å². The van der Waals surface area contributed by atoms with Gasteiger partial charge in [-0.2, -0.15) is 0 Å². The number of hydrogen-bond donors (Lipinski definition) is 2. The number of ether oxygens (including phenoxy) is 2. The van der Waals surface area contributed by atoms with E-state index in [4.69, 9.17) is 14.3 Å². The summed E-state index contributed by atoms with van der Waals surface area (Å²) in [7, 11) is 0. The Morgan fingerprint density at radius 1 is 0.929 bits per heavy atom. The Kier molecular flexibility index (Phi) is 14.1. The van der Waals surface area contributed by atoms with E-state index in [1.165, 1.54) is 25.7 Å². The Balaban J connectivity index is 4.32. The van der Waals surface area contributed by atoms with Crippen molar-refractivity contribution in [3.63, 3.8) is 0 Å². The number of carbonyl (C=O) groups excluding carboxylic acids is 3. The van der Waals surface area contributed by atoms with Crippen LogP contribution in [0.25, 0.3) is 0 Å². The van der Waals surface area contributed by atoms with Crippen molar-refractivity contribution in [2.45, 2.75) is 97.6 Å². The number of nitrogens with one attached hydrogen (secondary N) is 2. The van der Waals surface area contributed by atoms with Crippen LogP contribution in [0.15, 0.2) is 0 Å². The van der Waals surface area contributed by atoms with E-state index in [0.29, 0.717) is 6.42 Å². The summed E-state index contributed by atoms with van der Waals surface area (Å²) in [6.07, 6.45) is 7.22. The molecule has 0 saturated heterocycles. The fraction of sp³-hybridized carbons (Fsp3) is 0.850. The molecule has 2 N–H and O–H groups in total. The van der Waals surface area contributed by atoms with E-state index in [9.17, 15) is 14.4 Å². The lowest BCUT2D eigenvalue weighted by Crippen LogP contribution is -2.50. The molecule has 0 heterocycles. The van der Waals surface area contributed by atoms with Crippen molar-refractivity contribution in [2.75, 3.05) is 13.2 Å². The van der Waals surface area contributed by atoms with Crippen molar-refractivity contribution < 1.29 is 28.7 Å². The lowest BCUT2D eigenvalue weighted by Gasteiger charge is -2.23. The highest BCUT2D eigenvalue weighted by atomic mass is 16.7. The van der Waals surface area contributed by atoms with Crippen molar-refractivity contribution in [2.24, 2.45) is 0 Å². The van der Waals surface area contributed by atoms with E-state index in [1.807, 2.05) is 0 Å². The maximum atomic E-state index is 12.1. The molecule has 0 aromatic rings. The van der Waals surface area contributed by atoms with Gasteiger partial charge in [-0.25, -0.2) is 10.3 Å². The van der Waals surface area contributed by atoms with Gasteiger partial charge in [0.2, 0.25) is 0 Å². The molecule has 8 nitrogen and oxygen atoms in total. The first-order valence-corrected chi connectivity index (χ1v) is 10.3. The third-order valence-corrected chi connectivity index (χ3v) is 3.72. The van der Waals surface area contributed by atoms with Gasteiger partial charge in [-0.05, 0) is 34.1 Å². The molecule has 2 amide bonds. The number of amides is 2. The van der Waals surface area contributed by atoms with E-state index in [-0.39, 0.29) is 13.2 Å². The second-order valence-electron chi connectivity index (χ2n) is 7.65. The minimum Gasteiger partial charge on any atom is -0.463 e. The van der Waals surface area contributed by atoms with Crippen molar-refractivity contribution in [3.8, 4) is 0 Å². The van der Waals surface area contributed by atoms with Crippen LogP contribution in [-0.4, -0.2) is 42.8 Å². The van der Waals surface area contributed by atoms with Crippen molar-refractivity contribution in [3.05, 3.63) is 0 Å². The predicted octanol–water partition coefficient (Wildman–Crippen LogP) is 3.63. The molecule has 1 atom stereocenters. The van der Waals surface area contributed by atoms with Crippen LogP contribution in [0, 0.1) is 0 Å². The summed E-state index contributed by atoms with van der Waals surface area (Å²) >= 11 is 0. The summed E-state index contributed by atoms with van der Waals surface area (Å²) in [5.74, 6) is -1.01. The highest BCUT2D eigenvalue weighted by Crippen LogP contribution is 2.09. The number of hydrogen-bond acceptors (Lipinski definition) is 6. The van der Waals surface area contributed by atoms with Crippen molar-refractivity contribution >= 4 is 18.0 Å². The first-order valence-electron chi connectivity index (χ1n) is 10.3. The van der Waals surface area contributed by atoms with E-state index < -0.39 is 29.6 Å². The third-order valence-electron chi connectivity index (χ3n) is 3.72. The molecule has 1 unspecified atom stereocenters. The van der Waals surface area contributed by atoms with Crippen LogP contribution in [0.4, 0.5) is 4.79 Å². The summed E-state index contributed by atoms with van der Waals surface area (Å²) in [4.78, 5) is 40.8. The molecule has 0 aliphatic carbocycles.